The van der Waals surface area contributed by atoms with E-state index in [0.717, 1.165) is 12.1 Å². The minimum Gasteiger partial charge on any atom is -0.492 e. The van der Waals surface area contributed by atoms with E-state index in [-0.39, 0.29) is 35.3 Å². The second-order valence-corrected chi connectivity index (χ2v) is 5.86. The van der Waals surface area contributed by atoms with Gasteiger partial charge in [-0.2, -0.15) is 0 Å². The molecular weight excluding hydrogens is 298 g/mol. The molecule has 7 nitrogen and oxygen atoms in total. The fourth-order valence-electron chi connectivity index (χ4n) is 1.40. The Morgan fingerprint density at radius 2 is 1.74 bits per heavy atom. The Morgan fingerprint density at radius 1 is 1.21 bits per heavy atom. The summed E-state index contributed by atoms with van der Waals surface area (Å²) in [4.78, 5) is 9.86. The van der Waals surface area contributed by atoms with Crippen molar-refractivity contribution in [3.05, 3.63) is 22.2 Å². The van der Waals surface area contributed by atoms with Gasteiger partial charge in [0.1, 0.15) is 10.6 Å². The van der Waals surface area contributed by atoms with Crippen LogP contribution in [0.25, 0.3) is 0 Å². The van der Waals surface area contributed by atoms with Gasteiger partial charge in [0, 0.05) is 16.7 Å². The zero-order chi connectivity index (χ0) is 14.6. The highest BCUT2D eigenvalue weighted by Gasteiger charge is 2.26. The van der Waals surface area contributed by atoms with Gasteiger partial charge in [-0.15, -0.1) is 0 Å². The molecule has 0 saturated heterocycles. The van der Waals surface area contributed by atoms with Crippen LogP contribution in [0.3, 0.4) is 0 Å². The summed E-state index contributed by atoms with van der Waals surface area (Å²) in [5, 5.41) is 10.9. The highest BCUT2D eigenvalue weighted by atomic mass is 35.7. The van der Waals surface area contributed by atoms with Gasteiger partial charge in [0.05, 0.1) is 24.2 Å². The Bertz CT molecular complexity index is 586. The van der Waals surface area contributed by atoms with Crippen molar-refractivity contribution in [3.8, 4) is 11.5 Å². The molecular formula is C10H12ClNO6S. The number of nitrogens with zero attached hydrogens (tertiary/aromatic N) is 1. The topological polar surface area (TPSA) is 95.7 Å². The Labute approximate surface area is 114 Å². The van der Waals surface area contributed by atoms with Crippen molar-refractivity contribution in [2.75, 3.05) is 13.2 Å². The molecule has 0 aliphatic rings. The summed E-state index contributed by atoms with van der Waals surface area (Å²) in [6.07, 6.45) is 0. The highest BCUT2D eigenvalue weighted by Crippen LogP contribution is 2.38. The zero-order valence-electron chi connectivity index (χ0n) is 10.3. The summed E-state index contributed by atoms with van der Waals surface area (Å²) in [7, 11) is 1.18. The SMILES string of the molecule is CCOc1cc(S(=O)(=O)Cl)c(OCC)cc1[N+](=O)[O-]. The van der Waals surface area contributed by atoms with Gasteiger partial charge in [0.25, 0.3) is 9.05 Å². The second kappa shape index (κ2) is 6.07. The number of hydrogen-bond acceptors (Lipinski definition) is 6. The lowest BCUT2D eigenvalue weighted by Gasteiger charge is -2.11. The van der Waals surface area contributed by atoms with Crippen molar-refractivity contribution in [3.63, 3.8) is 0 Å². The molecule has 0 saturated carbocycles. The molecule has 0 N–H and O–H groups in total. The minimum absolute atomic E-state index is 0.143. The molecule has 0 fully saturated rings. The number of ether oxygens (including phenoxy) is 2. The van der Waals surface area contributed by atoms with Gasteiger partial charge in [-0.05, 0) is 13.8 Å². The van der Waals surface area contributed by atoms with Crippen LogP contribution in [0.5, 0.6) is 11.5 Å². The number of nitro groups is 1. The fraction of sp³-hybridized carbons (Fsp3) is 0.400. The maximum Gasteiger partial charge on any atom is 0.314 e. The molecule has 1 aromatic carbocycles. The van der Waals surface area contributed by atoms with Crippen LogP contribution in [0, 0.1) is 10.1 Å². The molecule has 0 heterocycles. The third kappa shape index (κ3) is 3.71. The number of nitro benzene ring substituents is 1. The van der Waals surface area contributed by atoms with E-state index in [2.05, 4.69) is 0 Å². The quantitative estimate of drug-likeness (QED) is 0.454. The minimum atomic E-state index is -4.09. The fourth-order valence-corrected chi connectivity index (χ4v) is 2.37. The lowest BCUT2D eigenvalue weighted by Crippen LogP contribution is -2.04. The van der Waals surface area contributed by atoms with Gasteiger partial charge in [-0.3, -0.25) is 10.1 Å². The Kier molecular flexibility index (Phi) is 4.96. The van der Waals surface area contributed by atoms with Crippen LogP contribution < -0.4 is 9.47 Å². The maximum atomic E-state index is 11.4. The van der Waals surface area contributed by atoms with Crippen LogP contribution in [0.2, 0.25) is 0 Å². The van der Waals surface area contributed by atoms with E-state index in [9.17, 15) is 18.5 Å². The molecule has 0 aromatic heterocycles. The average Bonchev–Trinajstić information content (AvgIpc) is 2.29. The molecule has 1 rings (SSSR count). The van der Waals surface area contributed by atoms with Crippen LogP contribution in [0.4, 0.5) is 5.69 Å². The second-order valence-electron chi connectivity index (χ2n) is 3.33. The van der Waals surface area contributed by atoms with Crippen molar-refractivity contribution in [1.29, 1.82) is 0 Å². The monoisotopic (exact) mass is 309 g/mol. The molecule has 106 valence electrons. The number of benzene rings is 1. The van der Waals surface area contributed by atoms with Gasteiger partial charge in [-0.1, -0.05) is 0 Å². The molecule has 0 amide bonds. The van der Waals surface area contributed by atoms with E-state index in [1.165, 1.54) is 0 Å². The highest BCUT2D eigenvalue weighted by molar-refractivity contribution is 8.13. The molecule has 0 aliphatic carbocycles. The van der Waals surface area contributed by atoms with Gasteiger partial charge in [0.2, 0.25) is 0 Å². The summed E-state index contributed by atoms with van der Waals surface area (Å²) in [5.41, 5.74) is -0.380. The zero-order valence-corrected chi connectivity index (χ0v) is 11.8. The molecule has 0 atom stereocenters. The molecule has 1 aromatic rings. The Hall–Kier alpha value is -1.54. The number of rotatable bonds is 6. The van der Waals surface area contributed by atoms with Crippen LogP contribution >= 0.6 is 10.7 Å². The first-order chi connectivity index (χ1) is 8.81. The van der Waals surface area contributed by atoms with E-state index in [0.29, 0.717) is 0 Å². The lowest BCUT2D eigenvalue weighted by molar-refractivity contribution is -0.386. The normalized spacial score (nSPS) is 11.1. The average molecular weight is 310 g/mol. The van der Waals surface area contributed by atoms with Crippen molar-refractivity contribution in [2.24, 2.45) is 0 Å². The first-order valence-electron chi connectivity index (χ1n) is 5.34. The van der Waals surface area contributed by atoms with Crippen molar-refractivity contribution >= 4 is 25.4 Å². The van der Waals surface area contributed by atoms with E-state index < -0.39 is 14.0 Å². The van der Waals surface area contributed by atoms with Crippen molar-refractivity contribution in [2.45, 2.75) is 18.7 Å². The molecule has 0 bridgehead atoms. The molecule has 0 spiro atoms. The Balaban J connectivity index is 3.54. The summed E-state index contributed by atoms with van der Waals surface area (Å²) in [6.45, 7) is 3.53. The van der Waals surface area contributed by atoms with Crippen LogP contribution in [-0.2, 0) is 9.05 Å². The summed E-state index contributed by atoms with van der Waals surface area (Å²) < 4.78 is 33.0. The van der Waals surface area contributed by atoms with E-state index in [4.69, 9.17) is 20.2 Å². The largest absolute Gasteiger partial charge is 0.492 e. The van der Waals surface area contributed by atoms with Crippen LogP contribution in [-0.4, -0.2) is 26.6 Å². The summed E-state index contributed by atoms with van der Waals surface area (Å²) in [5.74, 6) is -0.345. The predicted molar refractivity (Wildman–Crippen MR) is 68.5 cm³/mol. The van der Waals surface area contributed by atoms with Gasteiger partial charge in [0.15, 0.2) is 5.75 Å². The van der Waals surface area contributed by atoms with Gasteiger partial charge < -0.3 is 9.47 Å². The first-order valence-corrected chi connectivity index (χ1v) is 7.64. The van der Waals surface area contributed by atoms with Crippen LogP contribution in [0.1, 0.15) is 13.8 Å². The van der Waals surface area contributed by atoms with Crippen LogP contribution in [0.15, 0.2) is 17.0 Å². The van der Waals surface area contributed by atoms with Crippen molar-refractivity contribution < 1.29 is 22.8 Å². The summed E-state index contributed by atoms with van der Waals surface area (Å²) >= 11 is 0. The van der Waals surface area contributed by atoms with E-state index in [1.807, 2.05) is 0 Å². The number of halogens is 1. The first kappa shape index (κ1) is 15.5. The molecule has 0 radical (unpaired) electrons. The smallest absolute Gasteiger partial charge is 0.314 e. The van der Waals surface area contributed by atoms with E-state index >= 15 is 0 Å². The Morgan fingerprint density at radius 3 is 2.16 bits per heavy atom. The maximum absolute atomic E-state index is 11.4. The van der Waals surface area contributed by atoms with Gasteiger partial charge in [-0.25, -0.2) is 8.42 Å². The summed E-state index contributed by atoms with van der Waals surface area (Å²) in [6, 6.07) is 1.98. The molecule has 19 heavy (non-hydrogen) atoms. The molecule has 9 heteroatoms. The molecule has 0 aliphatic heterocycles. The standard InChI is InChI=1S/C10H12ClNO6S/c1-3-17-8-6-10(19(11,15)16)9(18-4-2)5-7(8)12(13)14/h5-6H,3-4H2,1-2H3. The van der Waals surface area contributed by atoms with Crippen molar-refractivity contribution in [1.82, 2.24) is 0 Å². The third-order valence-electron chi connectivity index (χ3n) is 2.08. The predicted octanol–water partition coefficient (Wildman–Crippen LogP) is 2.32. The molecule has 0 unspecified atom stereocenters. The number of hydrogen-bond donors (Lipinski definition) is 0. The third-order valence-corrected chi connectivity index (χ3v) is 3.43. The van der Waals surface area contributed by atoms with E-state index in [1.54, 1.807) is 13.8 Å². The lowest BCUT2D eigenvalue weighted by atomic mass is 10.2. The van der Waals surface area contributed by atoms with Gasteiger partial charge >= 0.3 is 5.69 Å².